The van der Waals surface area contributed by atoms with Gasteiger partial charge in [0.15, 0.2) is 5.82 Å². The number of hydrogen-bond acceptors (Lipinski definition) is 5. The molecule has 0 aliphatic carbocycles. The number of rotatable bonds is 7. The lowest BCUT2D eigenvalue weighted by molar-refractivity contribution is -0.117. The predicted molar refractivity (Wildman–Crippen MR) is 125 cm³/mol. The van der Waals surface area contributed by atoms with Crippen LogP contribution in [0.4, 0.5) is 0 Å². The van der Waals surface area contributed by atoms with E-state index >= 15 is 0 Å². The standard InChI is InChI=1S/C25H27N5O3/c1-16-14-20(18(3)30(16)22-15-17(2)33-28-22)8-11-23(31)27-24(25-26-12-13-29(25)4)19-6-9-21(32-5)10-7-19/h6-15,24H,1-5H3,(H,27,31)/b11-8+. The second kappa shape index (κ2) is 9.20. The van der Waals surface area contributed by atoms with Crippen LogP contribution in [0.1, 0.15) is 40.1 Å². The smallest absolute Gasteiger partial charge is 0.244 e. The van der Waals surface area contributed by atoms with Gasteiger partial charge in [-0.15, -0.1) is 0 Å². The first-order valence-corrected chi connectivity index (χ1v) is 10.6. The minimum atomic E-state index is -0.404. The van der Waals surface area contributed by atoms with E-state index < -0.39 is 6.04 Å². The largest absolute Gasteiger partial charge is 0.497 e. The number of aromatic nitrogens is 4. The summed E-state index contributed by atoms with van der Waals surface area (Å²) >= 11 is 0. The van der Waals surface area contributed by atoms with Gasteiger partial charge in [0.2, 0.25) is 5.91 Å². The number of ether oxygens (including phenoxy) is 1. The number of aryl methyl sites for hydroxylation is 3. The number of carbonyl (C=O) groups excluding carboxylic acids is 1. The molecule has 0 aliphatic heterocycles. The van der Waals surface area contributed by atoms with Crippen LogP contribution in [-0.4, -0.2) is 32.3 Å². The highest BCUT2D eigenvalue weighted by atomic mass is 16.5. The molecule has 1 N–H and O–H groups in total. The molecule has 0 saturated carbocycles. The van der Waals surface area contributed by atoms with Gasteiger partial charge in [0.05, 0.1) is 7.11 Å². The van der Waals surface area contributed by atoms with Crippen molar-refractivity contribution in [1.82, 2.24) is 24.6 Å². The van der Waals surface area contributed by atoms with Gasteiger partial charge in [-0.1, -0.05) is 17.3 Å². The van der Waals surface area contributed by atoms with E-state index in [1.54, 1.807) is 19.4 Å². The molecule has 0 aliphatic rings. The van der Waals surface area contributed by atoms with Crippen molar-refractivity contribution in [3.8, 4) is 11.6 Å². The predicted octanol–water partition coefficient (Wildman–Crippen LogP) is 4.05. The lowest BCUT2D eigenvalue weighted by Gasteiger charge is -2.18. The molecule has 1 amide bonds. The van der Waals surface area contributed by atoms with Gasteiger partial charge in [0, 0.05) is 43.0 Å². The summed E-state index contributed by atoms with van der Waals surface area (Å²) in [5, 5.41) is 7.18. The summed E-state index contributed by atoms with van der Waals surface area (Å²) in [6.45, 7) is 5.84. The SMILES string of the molecule is COc1ccc(C(NC(=O)/C=C/c2cc(C)n(-c3cc(C)on3)c2C)c2nccn2C)cc1. The summed E-state index contributed by atoms with van der Waals surface area (Å²) in [7, 11) is 3.53. The highest BCUT2D eigenvalue weighted by molar-refractivity contribution is 5.92. The Morgan fingerprint density at radius 2 is 1.94 bits per heavy atom. The molecule has 33 heavy (non-hydrogen) atoms. The fourth-order valence-electron chi connectivity index (χ4n) is 3.87. The Bertz CT molecular complexity index is 1290. The maximum Gasteiger partial charge on any atom is 0.244 e. The lowest BCUT2D eigenvalue weighted by Crippen LogP contribution is -2.29. The van der Waals surface area contributed by atoms with Gasteiger partial charge in [-0.3, -0.25) is 9.36 Å². The third-order valence-electron chi connectivity index (χ3n) is 5.58. The summed E-state index contributed by atoms with van der Waals surface area (Å²) in [6, 6.07) is 11.1. The van der Waals surface area contributed by atoms with Gasteiger partial charge < -0.3 is 19.1 Å². The van der Waals surface area contributed by atoms with Crippen molar-refractivity contribution in [2.75, 3.05) is 7.11 Å². The molecule has 0 bridgehead atoms. The van der Waals surface area contributed by atoms with Crippen LogP contribution in [0.5, 0.6) is 5.75 Å². The number of benzene rings is 1. The number of amides is 1. The number of imidazole rings is 1. The van der Waals surface area contributed by atoms with Crippen LogP contribution in [-0.2, 0) is 11.8 Å². The molecule has 8 heteroatoms. The Balaban J connectivity index is 1.57. The van der Waals surface area contributed by atoms with Crippen molar-refractivity contribution in [3.05, 3.63) is 89.0 Å². The topological polar surface area (TPSA) is 87.1 Å². The molecule has 0 fully saturated rings. The summed E-state index contributed by atoms with van der Waals surface area (Å²) < 4.78 is 14.4. The van der Waals surface area contributed by atoms with E-state index in [1.807, 2.05) is 85.6 Å². The van der Waals surface area contributed by atoms with Crippen LogP contribution in [0.15, 0.2) is 59.4 Å². The van der Waals surface area contributed by atoms with E-state index in [9.17, 15) is 4.79 Å². The zero-order valence-electron chi connectivity index (χ0n) is 19.4. The van der Waals surface area contributed by atoms with Gasteiger partial charge in [0.25, 0.3) is 0 Å². The lowest BCUT2D eigenvalue weighted by atomic mass is 10.1. The zero-order chi connectivity index (χ0) is 23.5. The highest BCUT2D eigenvalue weighted by Gasteiger charge is 2.20. The van der Waals surface area contributed by atoms with E-state index in [0.717, 1.165) is 45.7 Å². The Hall–Kier alpha value is -4.07. The molecule has 4 rings (SSSR count). The molecule has 1 unspecified atom stereocenters. The van der Waals surface area contributed by atoms with E-state index in [0.29, 0.717) is 0 Å². The molecule has 3 heterocycles. The van der Waals surface area contributed by atoms with Crippen LogP contribution in [0, 0.1) is 20.8 Å². The van der Waals surface area contributed by atoms with Crippen molar-refractivity contribution >= 4 is 12.0 Å². The number of carbonyl (C=O) groups is 1. The van der Waals surface area contributed by atoms with Crippen molar-refractivity contribution in [2.45, 2.75) is 26.8 Å². The van der Waals surface area contributed by atoms with E-state index in [2.05, 4.69) is 15.5 Å². The average Bonchev–Trinajstić information content (AvgIpc) is 3.49. The first-order valence-electron chi connectivity index (χ1n) is 10.6. The van der Waals surface area contributed by atoms with Crippen molar-refractivity contribution < 1.29 is 14.1 Å². The molecule has 4 aromatic rings. The first-order chi connectivity index (χ1) is 15.9. The van der Waals surface area contributed by atoms with Crippen molar-refractivity contribution in [1.29, 1.82) is 0 Å². The third-order valence-corrected chi connectivity index (χ3v) is 5.58. The van der Waals surface area contributed by atoms with E-state index in [1.165, 1.54) is 0 Å². The second-order valence-electron chi connectivity index (χ2n) is 7.90. The average molecular weight is 446 g/mol. The molecular weight excluding hydrogens is 418 g/mol. The van der Waals surface area contributed by atoms with Crippen molar-refractivity contribution in [2.24, 2.45) is 7.05 Å². The normalized spacial score (nSPS) is 12.3. The number of nitrogens with one attached hydrogen (secondary N) is 1. The van der Waals surface area contributed by atoms with Crippen LogP contribution < -0.4 is 10.1 Å². The zero-order valence-corrected chi connectivity index (χ0v) is 19.4. The van der Waals surface area contributed by atoms with Crippen LogP contribution >= 0.6 is 0 Å². The van der Waals surface area contributed by atoms with Gasteiger partial charge >= 0.3 is 0 Å². The van der Waals surface area contributed by atoms with Crippen LogP contribution in [0.3, 0.4) is 0 Å². The monoisotopic (exact) mass is 445 g/mol. The Labute approximate surface area is 192 Å². The minimum Gasteiger partial charge on any atom is -0.497 e. The van der Waals surface area contributed by atoms with Gasteiger partial charge in [-0.25, -0.2) is 4.98 Å². The molecule has 8 nitrogen and oxygen atoms in total. The second-order valence-corrected chi connectivity index (χ2v) is 7.90. The number of nitrogens with zero attached hydrogens (tertiary/aromatic N) is 4. The maximum atomic E-state index is 12.9. The summed E-state index contributed by atoms with van der Waals surface area (Å²) in [4.78, 5) is 17.4. The molecule has 1 atom stereocenters. The quantitative estimate of drug-likeness (QED) is 0.434. The van der Waals surface area contributed by atoms with E-state index in [4.69, 9.17) is 9.26 Å². The Kier molecular flexibility index (Phi) is 6.17. The van der Waals surface area contributed by atoms with Gasteiger partial charge in [-0.2, -0.15) is 0 Å². The molecule has 3 aromatic heterocycles. The van der Waals surface area contributed by atoms with Crippen molar-refractivity contribution in [3.63, 3.8) is 0 Å². The number of hydrogen-bond donors (Lipinski definition) is 1. The van der Waals surface area contributed by atoms with E-state index in [-0.39, 0.29) is 5.91 Å². The molecule has 0 spiro atoms. The fourth-order valence-corrected chi connectivity index (χ4v) is 3.87. The molecule has 0 radical (unpaired) electrons. The van der Waals surface area contributed by atoms with Gasteiger partial charge in [0.1, 0.15) is 23.4 Å². The Morgan fingerprint density at radius 1 is 1.18 bits per heavy atom. The molecule has 0 saturated heterocycles. The van der Waals surface area contributed by atoms with Gasteiger partial charge in [-0.05, 0) is 56.2 Å². The third kappa shape index (κ3) is 4.59. The first kappa shape index (κ1) is 22.1. The maximum absolute atomic E-state index is 12.9. The summed E-state index contributed by atoms with van der Waals surface area (Å²) in [6.07, 6.45) is 6.92. The molecular formula is C25H27N5O3. The van der Waals surface area contributed by atoms with Crippen LogP contribution in [0.2, 0.25) is 0 Å². The molecule has 1 aromatic carbocycles. The molecule has 170 valence electrons. The summed E-state index contributed by atoms with van der Waals surface area (Å²) in [5.74, 6) is 2.73. The fraction of sp³-hybridized carbons (Fsp3) is 0.240. The number of methoxy groups -OCH3 is 1. The Morgan fingerprint density at radius 3 is 2.55 bits per heavy atom. The summed E-state index contributed by atoms with van der Waals surface area (Å²) in [5.41, 5.74) is 3.82. The minimum absolute atomic E-state index is 0.221. The highest BCUT2D eigenvalue weighted by Crippen LogP contribution is 2.24. The van der Waals surface area contributed by atoms with Crippen LogP contribution in [0.25, 0.3) is 11.9 Å².